The van der Waals surface area contributed by atoms with Crippen LogP contribution in [-0.2, 0) is 26.9 Å². The number of halogens is 2. The SMILES string of the molecule is CCOC(=O)/C(C=Nc1cc[c-]c(Br)c1F)=C(/C)O.[Cr]. The first-order valence-corrected chi connectivity index (χ1v) is 6.23. The Morgan fingerprint density at radius 1 is 1.65 bits per heavy atom. The van der Waals surface area contributed by atoms with Gasteiger partial charge in [-0.1, -0.05) is 20.4 Å². The molecule has 0 aliphatic carbocycles. The molecule has 7 heteroatoms. The molecule has 0 amide bonds. The van der Waals surface area contributed by atoms with Gasteiger partial charge in [0.2, 0.25) is 0 Å². The Morgan fingerprint density at radius 2 is 2.30 bits per heavy atom. The van der Waals surface area contributed by atoms with Gasteiger partial charge in [0.1, 0.15) is 11.3 Å². The van der Waals surface area contributed by atoms with Crippen LogP contribution in [0.3, 0.4) is 0 Å². The molecule has 0 spiro atoms. The second-order valence-corrected chi connectivity index (χ2v) is 4.26. The third-order valence-electron chi connectivity index (χ3n) is 2.09. The van der Waals surface area contributed by atoms with E-state index in [4.69, 9.17) is 4.74 Å². The van der Waals surface area contributed by atoms with Crippen molar-refractivity contribution in [2.45, 2.75) is 13.8 Å². The maximum atomic E-state index is 13.6. The molecule has 1 N–H and O–H groups in total. The summed E-state index contributed by atoms with van der Waals surface area (Å²) in [6.07, 6.45) is 1.07. The van der Waals surface area contributed by atoms with Gasteiger partial charge < -0.3 is 9.84 Å². The maximum absolute atomic E-state index is 13.6. The summed E-state index contributed by atoms with van der Waals surface area (Å²) in [6.45, 7) is 3.14. The van der Waals surface area contributed by atoms with E-state index >= 15 is 0 Å². The van der Waals surface area contributed by atoms with Gasteiger partial charge in [-0.2, -0.15) is 12.1 Å². The minimum Gasteiger partial charge on any atom is -0.512 e. The Labute approximate surface area is 135 Å². The van der Waals surface area contributed by atoms with Crippen LogP contribution in [0.1, 0.15) is 13.8 Å². The van der Waals surface area contributed by atoms with Crippen molar-refractivity contribution in [1.82, 2.24) is 0 Å². The van der Waals surface area contributed by atoms with Crippen LogP contribution in [0.15, 0.2) is 32.9 Å². The fourth-order valence-corrected chi connectivity index (χ4v) is 1.51. The average Bonchev–Trinajstić information content (AvgIpc) is 2.34. The molecule has 108 valence electrons. The second-order valence-electron chi connectivity index (χ2n) is 3.47. The van der Waals surface area contributed by atoms with Crippen LogP contribution in [-0.4, -0.2) is 23.9 Å². The molecule has 0 radical (unpaired) electrons. The molecule has 0 saturated heterocycles. The van der Waals surface area contributed by atoms with E-state index in [-0.39, 0.29) is 45.5 Å². The van der Waals surface area contributed by atoms with Crippen molar-refractivity contribution in [3.8, 4) is 0 Å². The molecule has 0 aliphatic rings. The van der Waals surface area contributed by atoms with Crippen molar-refractivity contribution < 1.29 is 36.4 Å². The van der Waals surface area contributed by atoms with Crippen molar-refractivity contribution >= 4 is 33.8 Å². The zero-order chi connectivity index (χ0) is 14.4. The molecule has 0 aliphatic heterocycles. The molecule has 1 aromatic rings. The molecular weight excluding hydrogens is 369 g/mol. The van der Waals surface area contributed by atoms with Crippen LogP contribution in [0.5, 0.6) is 0 Å². The summed E-state index contributed by atoms with van der Waals surface area (Å²) < 4.78 is 18.5. The molecule has 20 heavy (non-hydrogen) atoms. The Morgan fingerprint density at radius 3 is 2.85 bits per heavy atom. The van der Waals surface area contributed by atoms with Gasteiger partial charge in [0, 0.05) is 29.4 Å². The fourth-order valence-electron chi connectivity index (χ4n) is 1.18. The molecule has 0 saturated carbocycles. The molecule has 0 atom stereocenters. The number of aliphatic hydroxyl groups excluding tert-OH is 1. The maximum Gasteiger partial charge on any atom is 0.343 e. The first-order valence-electron chi connectivity index (χ1n) is 5.44. The van der Waals surface area contributed by atoms with Crippen molar-refractivity contribution in [3.05, 3.63) is 39.8 Å². The summed E-state index contributed by atoms with van der Waals surface area (Å²) in [6, 6.07) is 5.49. The quantitative estimate of drug-likeness (QED) is 0.286. The van der Waals surface area contributed by atoms with Crippen LogP contribution in [0.4, 0.5) is 10.1 Å². The number of allylic oxidation sites excluding steroid dienone is 1. The van der Waals surface area contributed by atoms with E-state index in [1.54, 1.807) is 6.92 Å². The van der Waals surface area contributed by atoms with Gasteiger partial charge in [-0.3, -0.25) is 9.38 Å². The summed E-state index contributed by atoms with van der Waals surface area (Å²) in [5.41, 5.74) is -0.0983. The van der Waals surface area contributed by atoms with Gasteiger partial charge in [-0.25, -0.2) is 4.79 Å². The van der Waals surface area contributed by atoms with Crippen molar-refractivity contribution in [2.24, 2.45) is 4.99 Å². The number of rotatable bonds is 4. The fraction of sp³-hybridized carbons (Fsp3) is 0.231. The molecule has 0 heterocycles. The molecule has 1 rings (SSSR count). The first-order chi connectivity index (χ1) is 8.97. The van der Waals surface area contributed by atoms with Crippen LogP contribution >= 0.6 is 15.9 Å². The number of carbonyl (C=O) groups excluding carboxylic acids is 1. The average molecular weight is 381 g/mol. The number of esters is 1. The Balaban J connectivity index is 0.00000361. The molecule has 0 fully saturated rings. The van der Waals surface area contributed by atoms with Gasteiger partial charge in [-0.05, 0) is 19.5 Å². The predicted octanol–water partition coefficient (Wildman–Crippen LogP) is 3.48. The van der Waals surface area contributed by atoms with Crippen LogP contribution in [0, 0.1) is 11.9 Å². The molecule has 0 bridgehead atoms. The van der Waals surface area contributed by atoms with Crippen molar-refractivity contribution in [3.63, 3.8) is 0 Å². The van der Waals surface area contributed by atoms with Gasteiger partial charge in [0.05, 0.1) is 6.61 Å². The van der Waals surface area contributed by atoms with E-state index in [0.29, 0.717) is 0 Å². The number of carbonyl (C=O) groups is 1. The molecule has 0 unspecified atom stereocenters. The number of nitrogens with zero attached hydrogens (tertiary/aromatic N) is 1. The Bertz CT molecular complexity index is 542. The zero-order valence-electron chi connectivity index (χ0n) is 10.8. The third kappa shape index (κ3) is 5.08. The summed E-state index contributed by atoms with van der Waals surface area (Å²) in [5.74, 6) is -1.56. The van der Waals surface area contributed by atoms with Gasteiger partial charge in [0.25, 0.3) is 0 Å². The largest absolute Gasteiger partial charge is 0.512 e. The van der Waals surface area contributed by atoms with E-state index < -0.39 is 11.8 Å². The molecular formula is C13H12BrCrFNO3-. The number of aliphatic imine (C=N–C) groups is 1. The summed E-state index contributed by atoms with van der Waals surface area (Å²) in [5, 5.41) is 9.39. The smallest absolute Gasteiger partial charge is 0.343 e. The second kappa shape index (κ2) is 8.90. The summed E-state index contributed by atoms with van der Waals surface area (Å²) >= 11 is 2.98. The number of aliphatic hydroxyl groups is 1. The van der Waals surface area contributed by atoms with Gasteiger partial charge >= 0.3 is 5.97 Å². The van der Waals surface area contributed by atoms with E-state index in [0.717, 1.165) is 6.21 Å². The van der Waals surface area contributed by atoms with Crippen molar-refractivity contribution in [2.75, 3.05) is 6.61 Å². The third-order valence-corrected chi connectivity index (χ3v) is 2.66. The number of ether oxygens (including phenoxy) is 1. The Hall–Kier alpha value is -1.16. The van der Waals surface area contributed by atoms with Gasteiger partial charge in [-0.15, -0.1) is 6.07 Å². The number of hydrogen-bond donors (Lipinski definition) is 1. The normalized spacial score (nSPS) is 11.8. The Kier molecular flexibility index (Phi) is 8.39. The van der Waals surface area contributed by atoms with E-state index in [1.807, 2.05) is 0 Å². The minimum atomic E-state index is -0.715. The van der Waals surface area contributed by atoms with E-state index in [2.05, 4.69) is 27.0 Å². The topological polar surface area (TPSA) is 58.9 Å². The predicted molar refractivity (Wildman–Crippen MR) is 73.0 cm³/mol. The first kappa shape index (κ1) is 18.8. The van der Waals surface area contributed by atoms with E-state index in [1.165, 1.54) is 19.1 Å². The summed E-state index contributed by atoms with van der Waals surface area (Å²) in [7, 11) is 0. The minimum absolute atomic E-state index is 0. The summed E-state index contributed by atoms with van der Waals surface area (Å²) in [4.78, 5) is 15.3. The van der Waals surface area contributed by atoms with Crippen molar-refractivity contribution in [1.29, 1.82) is 0 Å². The number of hydrogen-bond acceptors (Lipinski definition) is 4. The number of benzene rings is 1. The zero-order valence-corrected chi connectivity index (χ0v) is 13.7. The van der Waals surface area contributed by atoms with E-state index in [9.17, 15) is 14.3 Å². The molecule has 1 aromatic carbocycles. The molecule has 4 nitrogen and oxygen atoms in total. The van der Waals surface area contributed by atoms with Crippen LogP contribution < -0.4 is 0 Å². The molecule has 0 aromatic heterocycles. The van der Waals surface area contributed by atoms with Crippen LogP contribution in [0.25, 0.3) is 0 Å². The van der Waals surface area contributed by atoms with Crippen LogP contribution in [0.2, 0.25) is 0 Å². The monoisotopic (exact) mass is 380 g/mol. The van der Waals surface area contributed by atoms with Gasteiger partial charge in [0.15, 0.2) is 0 Å². The standard InChI is InChI=1S/C13H12BrFNO3.Cr/c1-3-19-13(18)9(8(2)17)7-16-11-6-4-5-10(14)12(11)15;/h4,6-7,17H,3H2,1-2H3;/q-1;/b9-8-,16-7?;.